The third-order valence-electron chi connectivity index (χ3n) is 7.89. The lowest BCUT2D eigenvalue weighted by Gasteiger charge is -2.23. The van der Waals surface area contributed by atoms with Crippen LogP contribution in [0, 0.1) is 0 Å². The minimum Gasteiger partial charge on any atom is -0.387 e. The van der Waals surface area contributed by atoms with Gasteiger partial charge >= 0.3 is 0 Å². The van der Waals surface area contributed by atoms with Gasteiger partial charge in [-0.2, -0.15) is 4.98 Å². The molecule has 4 heterocycles. The number of allylic oxidation sites excluding steroid dienone is 1. The number of hydrogen-bond donors (Lipinski definition) is 1. The van der Waals surface area contributed by atoms with E-state index in [-0.39, 0.29) is 11.6 Å². The summed E-state index contributed by atoms with van der Waals surface area (Å²) in [6, 6.07) is 25.3. The van der Waals surface area contributed by atoms with Crippen molar-refractivity contribution >= 4 is 62.2 Å². The molecule has 1 unspecified atom stereocenters. The summed E-state index contributed by atoms with van der Waals surface area (Å²) in [5.74, 6) is 0.478. The number of pyridine rings is 1. The summed E-state index contributed by atoms with van der Waals surface area (Å²) in [5, 5.41) is 1.81. The van der Waals surface area contributed by atoms with Gasteiger partial charge in [0.25, 0.3) is 5.56 Å². The van der Waals surface area contributed by atoms with Crippen LogP contribution in [0.5, 0.6) is 5.88 Å². The maximum Gasteiger partial charge on any atom is 0.271 e. The molecule has 0 radical (unpaired) electrons. The van der Waals surface area contributed by atoms with Crippen LogP contribution in [0.1, 0.15) is 46.1 Å². The molecule has 0 saturated heterocycles. The molecule has 8 rings (SSSR count). The number of benzene rings is 3. The molecule has 3 aromatic carbocycles. The fraction of sp³-hybridized carbons (Fsp3) is 0.121. The van der Waals surface area contributed by atoms with E-state index in [2.05, 4.69) is 11.6 Å². The van der Waals surface area contributed by atoms with Crippen LogP contribution in [0.4, 0.5) is 0 Å². The third-order valence-corrected chi connectivity index (χ3v) is 9.48. The monoisotopic (exact) mass is 608 g/mol. The first-order chi connectivity index (χ1) is 20.5. The molecular formula is C33H22Cl2N4O2S. The Morgan fingerprint density at radius 3 is 2.43 bits per heavy atom. The number of aromatic nitrogens is 3. The van der Waals surface area contributed by atoms with E-state index in [1.165, 1.54) is 11.3 Å². The molecule has 0 amide bonds. The minimum absolute atomic E-state index is 0.193. The van der Waals surface area contributed by atoms with Crippen LogP contribution in [0.15, 0.2) is 83.7 Å². The maximum atomic E-state index is 14.4. The Morgan fingerprint density at radius 2 is 1.67 bits per heavy atom. The molecule has 1 atom stereocenters. The van der Waals surface area contributed by atoms with Crippen LogP contribution < -0.4 is 15.9 Å². The number of hydroxylamine groups is 1. The standard InChI is InChI=1S/C33H22Cl2N4O2S/c34-22-13-9-18(10-14-22)17-21-7-4-8-24-25(19-11-15-23(35)16-12-19)26-30(36-27(21)24)37-33-39(31(26)40)32-29(42-33)28(38-41-32)20-5-2-1-3-6-20/h1-3,5-6,9-17,28,38H,4,7-8H2/b21-17-. The first kappa shape index (κ1) is 25.7. The lowest BCUT2D eigenvalue weighted by molar-refractivity contribution is 0.197. The number of thiazole rings is 1. The number of rotatable bonds is 3. The Kier molecular flexibility index (Phi) is 6.16. The molecule has 1 aliphatic heterocycles. The molecule has 1 N–H and O–H groups in total. The van der Waals surface area contributed by atoms with Gasteiger partial charge in [0.15, 0.2) is 5.65 Å². The predicted molar refractivity (Wildman–Crippen MR) is 169 cm³/mol. The molecule has 6 nitrogen and oxygen atoms in total. The largest absolute Gasteiger partial charge is 0.387 e. The van der Waals surface area contributed by atoms with Crippen LogP contribution in [-0.4, -0.2) is 14.4 Å². The smallest absolute Gasteiger partial charge is 0.271 e. The van der Waals surface area contributed by atoms with Gasteiger partial charge in [-0.1, -0.05) is 89.1 Å². The van der Waals surface area contributed by atoms with Gasteiger partial charge < -0.3 is 4.84 Å². The van der Waals surface area contributed by atoms with E-state index in [1.807, 2.05) is 78.9 Å². The quantitative estimate of drug-likeness (QED) is 0.219. The van der Waals surface area contributed by atoms with Gasteiger partial charge in [-0.15, -0.1) is 5.48 Å². The van der Waals surface area contributed by atoms with Crippen LogP contribution in [0.25, 0.3) is 38.8 Å². The number of fused-ring (bicyclic) bond motifs is 5. The van der Waals surface area contributed by atoms with Crippen molar-refractivity contribution in [2.24, 2.45) is 0 Å². The molecular weight excluding hydrogens is 587 g/mol. The van der Waals surface area contributed by atoms with Crippen molar-refractivity contribution < 1.29 is 4.84 Å². The SMILES string of the molecule is O=c1c2c(-c3ccc(Cl)cc3)c3c(nc2nc2sc4c(n12)ONC4c1ccccc1)/C(=C\c1ccc(Cl)cc1)CCC3. The zero-order chi connectivity index (χ0) is 28.4. The second kappa shape index (κ2) is 10.1. The summed E-state index contributed by atoms with van der Waals surface area (Å²) in [6.07, 6.45) is 4.78. The normalized spacial score (nSPS) is 17.0. The lowest BCUT2D eigenvalue weighted by Crippen LogP contribution is -2.21. The average molecular weight is 610 g/mol. The van der Waals surface area contributed by atoms with Crippen LogP contribution in [-0.2, 0) is 6.42 Å². The molecule has 0 saturated carbocycles. The highest BCUT2D eigenvalue weighted by Gasteiger charge is 2.33. The van der Waals surface area contributed by atoms with E-state index in [0.717, 1.165) is 63.2 Å². The summed E-state index contributed by atoms with van der Waals surface area (Å²) in [4.78, 5) is 31.9. The summed E-state index contributed by atoms with van der Waals surface area (Å²) in [5.41, 5.74) is 10.2. The zero-order valence-corrected chi connectivity index (χ0v) is 24.4. The van der Waals surface area contributed by atoms with Crippen LogP contribution in [0.2, 0.25) is 10.0 Å². The molecule has 9 heteroatoms. The van der Waals surface area contributed by atoms with Crippen LogP contribution in [0.3, 0.4) is 0 Å². The highest BCUT2D eigenvalue weighted by atomic mass is 35.5. The van der Waals surface area contributed by atoms with E-state index in [4.69, 9.17) is 38.0 Å². The topological polar surface area (TPSA) is 68.5 Å². The Balaban J connectivity index is 1.41. The van der Waals surface area contributed by atoms with Gasteiger partial charge in [-0.05, 0) is 77.4 Å². The van der Waals surface area contributed by atoms with E-state index in [9.17, 15) is 4.79 Å². The van der Waals surface area contributed by atoms with Gasteiger partial charge in [0, 0.05) is 15.6 Å². The highest BCUT2D eigenvalue weighted by molar-refractivity contribution is 7.17. The average Bonchev–Trinajstić information content (AvgIpc) is 3.58. The Hall–Kier alpha value is -4.01. The van der Waals surface area contributed by atoms with Crippen molar-refractivity contribution in [1.29, 1.82) is 0 Å². The van der Waals surface area contributed by atoms with Gasteiger partial charge in [0.1, 0.15) is 6.04 Å². The molecule has 0 spiro atoms. The van der Waals surface area contributed by atoms with Crippen molar-refractivity contribution in [2.45, 2.75) is 25.3 Å². The second-order valence-electron chi connectivity index (χ2n) is 10.5. The molecule has 3 aromatic heterocycles. The van der Waals surface area contributed by atoms with E-state index in [1.54, 1.807) is 4.40 Å². The van der Waals surface area contributed by atoms with Crippen molar-refractivity contribution in [3.63, 3.8) is 0 Å². The van der Waals surface area contributed by atoms with Gasteiger partial charge in [0.05, 0.1) is 16.0 Å². The zero-order valence-electron chi connectivity index (χ0n) is 22.1. The first-order valence-corrected chi connectivity index (χ1v) is 15.2. The fourth-order valence-corrected chi connectivity index (χ4v) is 7.32. The molecule has 0 bridgehead atoms. The van der Waals surface area contributed by atoms with Crippen molar-refractivity contribution in [3.05, 3.63) is 127 Å². The summed E-state index contributed by atoms with van der Waals surface area (Å²) in [6.45, 7) is 0. The van der Waals surface area contributed by atoms with Crippen molar-refractivity contribution in [2.75, 3.05) is 0 Å². The molecule has 1 aliphatic carbocycles. The summed E-state index contributed by atoms with van der Waals surface area (Å²) < 4.78 is 1.58. The van der Waals surface area contributed by atoms with Crippen molar-refractivity contribution in [3.8, 4) is 17.0 Å². The molecule has 2 aliphatic rings. The summed E-state index contributed by atoms with van der Waals surface area (Å²) >= 11 is 13.9. The predicted octanol–water partition coefficient (Wildman–Crippen LogP) is 8.14. The highest BCUT2D eigenvalue weighted by Crippen LogP contribution is 2.43. The third kappa shape index (κ3) is 4.15. The van der Waals surface area contributed by atoms with Gasteiger partial charge in [-0.3, -0.25) is 4.79 Å². The van der Waals surface area contributed by atoms with Gasteiger partial charge in [0.2, 0.25) is 10.8 Å². The Labute approximate surface area is 254 Å². The fourth-order valence-electron chi connectivity index (χ4n) is 5.96. The van der Waals surface area contributed by atoms with E-state index >= 15 is 0 Å². The maximum absolute atomic E-state index is 14.4. The number of nitrogens with zero attached hydrogens (tertiary/aromatic N) is 3. The van der Waals surface area contributed by atoms with Crippen molar-refractivity contribution in [1.82, 2.24) is 19.8 Å². The molecule has 6 aromatic rings. The Morgan fingerprint density at radius 1 is 0.929 bits per heavy atom. The minimum atomic E-state index is -0.197. The lowest BCUT2D eigenvalue weighted by atomic mass is 9.84. The number of nitrogens with one attached hydrogen (secondary N) is 1. The molecule has 206 valence electrons. The Bertz CT molecular complexity index is 2100. The molecule has 0 fully saturated rings. The van der Waals surface area contributed by atoms with E-state index < -0.39 is 0 Å². The van der Waals surface area contributed by atoms with E-state index in [0.29, 0.717) is 31.9 Å². The first-order valence-electron chi connectivity index (χ1n) is 13.7. The second-order valence-corrected chi connectivity index (χ2v) is 12.3. The van der Waals surface area contributed by atoms with Crippen LogP contribution >= 0.6 is 34.5 Å². The number of hydrogen-bond acceptors (Lipinski definition) is 6. The summed E-state index contributed by atoms with van der Waals surface area (Å²) in [7, 11) is 0. The molecule has 42 heavy (non-hydrogen) atoms. The van der Waals surface area contributed by atoms with Gasteiger partial charge in [-0.25, -0.2) is 9.38 Å². The number of halogens is 2.